The van der Waals surface area contributed by atoms with E-state index in [4.69, 9.17) is 11.6 Å². The average Bonchev–Trinajstić information content (AvgIpc) is 3.37. The van der Waals surface area contributed by atoms with Gasteiger partial charge >= 0.3 is 0 Å². The lowest BCUT2D eigenvalue weighted by Gasteiger charge is -2.30. The number of hydrogen-bond acceptors (Lipinski definition) is 7. The molecule has 2 aliphatic heterocycles. The molecule has 2 fully saturated rings. The number of likely N-dealkylation sites (tertiary alicyclic amines) is 1. The second kappa shape index (κ2) is 8.02. The normalized spacial score (nSPS) is 23.5. The van der Waals surface area contributed by atoms with Crippen LogP contribution in [0.15, 0.2) is 18.6 Å². The van der Waals surface area contributed by atoms with Gasteiger partial charge in [0, 0.05) is 37.6 Å². The molecule has 0 amide bonds. The van der Waals surface area contributed by atoms with Crippen molar-refractivity contribution in [2.45, 2.75) is 31.3 Å². The Morgan fingerprint density at radius 3 is 3.04 bits per heavy atom. The first-order valence-corrected chi connectivity index (χ1v) is 10.6. The van der Waals surface area contributed by atoms with Gasteiger partial charge in [-0.3, -0.25) is 9.58 Å². The van der Waals surface area contributed by atoms with Gasteiger partial charge < -0.3 is 10.6 Å². The summed E-state index contributed by atoms with van der Waals surface area (Å²) in [5.74, 6) is 3.76. The van der Waals surface area contributed by atoms with Crippen molar-refractivity contribution < 1.29 is 0 Å². The van der Waals surface area contributed by atoms with E-state index in [1.54, 1.807) is 17.1 Å². The van der Waals surface area contributed by atoms with Crippen molar-refractivity contribution in [1.29, 1.82) is 0 Å². The largest absolute Gasteiger partial charge is 0.367 e. The number of rotatable bonds is 6. The first-order chi connectivity index (χ1) is 12.7. The minimum absolute atomic E-state index is 0.514. The van der Waals surface area contributed by atoms with Gasteiger partial charge in [0.1, 0.15) is 5.02 Å². The van der Waals surface area contributed by atoms with Crippen molar-refractivity contribution in [3.8, 4) is 0 Å². The number of hydrogen-bond donors (Lipinski definition) is 2. The quantitative estimate of drug-likeness (QED) is 0.781. The molecule has 0 aliphatic carbocycles. The van der Waals surface area contributed by atoms with Crippen molar-refractivity contribution in [3.05, 3.63) is 23.6 Å². The number of aromatic nitrogens is 4. The van der Waals surface area contributed by atoms with Crippen LogP contribution in [0, 0.1) is 0 Å². The van der Waals surface area contributed by atoms with Crippen LogP contribution in [-0.2, 0) is 7.05 Å². The average molecular weight is 394 g/mol. The summed E-state index contributed by atoms with van der Waals surface area (Å²) in [6, 6.07) is 1.29. The van der Waals surface area contributed by atoms with E-state index in [0.29, 0.717) is 22.8 Å². The first kappa shape index (κ1) is 17.9. The molecule has 4 heterocycles. The van der Waals surface area contributed by atoms with Gasteiger partial charge in [0.25, 0.3) is 0 Å². The number of nitrogens with zero attached hydrogens (tertiary/aromatic N) is 5. The molecule has 4 rings (SSSR count). The maximum atomic E-state index is 6.30. The number of nitrogens with one attached hydrogen (secondary N) is 2. The Morgan fingerprint density at radius 1 is 1.35 bits per heavy atom. The third-order valence-corrected chi connectivity index (χ3v) is 6.43. The fourth-order valence-corrected chi connectivity index (χ4v) is 5.12. The zero-order chi connectivity index (χ0) is 17.9. The van der Waals surface area contributed by atoms with E-state index in [0.717, 1.165) is 18.3 Å². The smallest absolute Gasteiger partial charge is 0.229 e. The van der Waals surface area contributed by atoms with E-state index < -0.39 is 0 Å². The van der Waals surface area contributed by atoms with Crippen molar-refractivity contribution in [2.24, 2.45) is 7.05 Å². The van der Waals surface area contributed by atoms with Crippen LogP contribution in [0.4, 0.5) is 17.5 Å². The lowest BCUT2D eigenvalue weighted by molar-refractivity contribution is 0.202. The number of halogens is 1. The highest BCUT2D eigenvalue weighted by Crippen LogP contribution is 2.29. The Kier molecular flexibility index (Phi) is 5.52. The van der Waals surface area contributed by atoms with Gasteiger partial charge in [-0.15, -0.1) is 0 Å². The Bertz CT molecular complexity index is 746. The Balaban J connectivity index is 1.40. The maximum absolute atomic E-state index is 6.30. The zero-order valence-electron chi connectivity index (χ0n) is 14.9. The van der Waals surface area contributed by atoms with Crippen LogP contribution in [0.3, 0.4) is 0 Å². The Hall–Kier alpha value is -1.51. The topological polar surface area (TPSA) is 70.9 Å². The van der Waals surface area contributed by atoms with Gasteiger partial charge in [-0.25, -0.2) is 4.98 Å². The van der Waals surface area contributed by atoms with Gasteiger partial charge in [-0.1, -0.05) is 11.6 Å². The lowest BCUT2D eigenvalue weighted by atomic mass is 10.1. The molecule has 2 atom stereocenters. The van der Waals surface area contributed by atoms with Crippen molar-refractivity contribution in [2.75, 3.05) is 35.2 Å². The summed E-state index contributed by atoms with van der Waals surface area (Å²) in [4.78, 5) is 11.5. The van der Waals surface area contributed by atoms with Crippen LogP contribution < -0.4 is 10.6 Å². The molecule has 140 valence electrons. The van der Waals surface area contributed by atoms with Gasteiger partial charge in [0.15, 0.2) is 5.82 Å². The molecule has 9 heteroatoms. The van der Waals surface area contributed by atoms with Crippen LogP contribution in [0.2, 0.25) is 5.02 Å². The summed E-state index contributed by atoms with van der Waals surface area (Å²) in [7, 11) is 1.87. The lowest BCUT2D eigenvalue weighted by Crippen LogP contribution is -2.42. The van der Waals surface area contributed by atoms with E-state index in [2.05, 4.69) is 42.4 Å². The number of anilines is 3. The van der Waals surface area contributed by atoms with E-state index in [1.165, 1.54) is 37.3 Å². The van der Waals surface area contributed by atoms with Crippen LogP contribution in [-0.4, -0.2) is 61.3 Å². The summed E-state index contributed by atoms with van der Waals surface area (Å²) in [6.45, 7) is 2.08. The van der Waals surface area contributed by atoms with E-state index in [9.17, 15) is 0 Å². The summed E-state index contributed by atoms with van der Waals surface area (Å²) in [5.41, 5.74) is 0.849. The molecule has 26 heavy (non-hydrogen) atoms. The van der Waals surface area contributed by atoms with Crippen molar-refractivity contribution in [1.82, 2.24) is 24.6 Å². The number of aryl methyl sites for hydroxylation is 1. The number of thioether (sulfide) groups is 1. The molecule has 2 aliphatic rings. The second-order valence-electron chi connectivity index (χ2n) is 6.85. The van der Waals surface area contributed by atoms with Crippen molar-refractivity contribution in [3.63, 3.8) is 0 Å². The van der Waals surface area contributed by atoms with Crippen LogP contribution in [0.1, 0.15) is 19.3 Å². The third-order valence-electron chi connectivity index (χ3n) is 5.01. The van der Waals surface area contributed by atoms with Crippen LogP contribution in [0.5, 0.6) is 0 Å². The highest BCUT2D eigenvalue weighted by molar-refractivity contribution is 7.99. The Labute approximate surface area is 162 Å². The van der Waals surface area contributed by atoms with Gasteiger partial charge in [0.05, 0.1) is 18.1 Å². The molecule has 2 N–H and O–H groups in total. The van der Waals surface area contributed by atoms with Crippen LogP contribution >= 0.6 is 23.4 Å². The summed E-state index contributed by atoms with van der Waals surface area (Å²) in [6.07, 6.45) is 9.07. The highest BCUT2D eigenvalue weighted by Gasteiger charge is 2.32. The van der Waals surface area contributed by atoms with Gasteiger partial charge in [-0.05, 0) is 31.6 Å². The minimum atomic E-state index is 0.514. The highest BCUT2D eigenvalue weighted by atomic mass is 35.5. The standard InChI is InChI=1S/C17H24ClN7S/c1-24-10-12(7-21-24)22-17-20-9-15(18)16(23-17)19-8-13-3-2-5-25(13)14-4-6-26-11-14/h7,9-10,13-14H,2-6,8,11H2,1H3,(H2,19,20,22,23). The predicted octanol–water partition coefficient (Wildman–Crippen LogP) is 2.99. The molecule has 0 aromatic carbocycles. The van der Waals surface area contributed by atoms with Crippen LogP contribution in [0.25, 0.3) is 0 Å². The molecule has 2 saturated heterocycles. The van der Waals surface area contributed by atoms with E-state index >= 15 is 0 Å². The molecular formula is C17H24ClN7S. The molecule has 0 spiro atoms. The molecule has 2 unspecified atom stereocenters. The molecular weight excluding hydrogens is 370 g/mol. The maximum Gasteiger partial charge on any atom is 0.229 e. The molecule has 0 bridgehead atoms. The monoisotopic (exact) mass is 393 g/mol. The first-order valence-electron chi connectivity index (χ1n) is 9.04. The third kappa shape index (κ3) is 4.07. The fraction of sp³-hybridized carbons (Fsp3) is 0.588. The predicted molar refractivity (Wildman–Crippen MR) is 107 cm³/mol. The molecule has 7 nitrogen and oxygen atoms in total. The fourth-order valence-electron chi connectivity index (χ4n) is 3.72. The molecule has 0 radical (unpaired) electrons. The van der Waals surface area contributed by atoms with E-state index in [-0.39, 0.29) is 0 Å². The zero-order valence-corrected chi connectivity index (χ0v) is 16.4. The summed E-state index contributed by atoms with van der Waals surface area (Å²) >= 11 is 8.38. The van der Waals surface area contributed by atoms with E-state index in [1.807, 2.05) is 13.2 Å². The summed E-state index contributed by atoms with van der Waals surface area (Å²) in [5, 5.41) is 11.3. The Morgan fingerprint density at radius 2 is 2.27 bits per heavy atom. The van der Waals surface area contributed by atoms with Crippen molar-refractivity contribution >= 4 is 40.8 Å². The second-order valence-corrected chi connectivity index (χ2v) is 8.41. The van der Waals surface area contributed by atoms with Gasteiger partial charge in [0.2, 0.25) is 5.95 Å². The molecule has 0 saturated carbocycles. The minimum Gasteiger partial charge on any atom is -0.367 e. The molecule has 2 aromatic heterocycles. The molecule has 2 aromatic rings. The summed E-state index contributed by atoms with van der Waals surface area (Å²) < 4.78 is 1.73. The SMILES string of the molecule is Cn1cc(Nc2ncc(Cl)c(NCC3CCCN3C3CCSC3)n2)cn1. The van der Waals surface area contributed by atoms with Gasteiger partial charge in [-0.2, -0.15) is 21.8 Å².